The van der Waals surface area contributed by atoms with Crippen molar-refractivity contribution in [1.82, 2.24) is 16.0 Å². The fraction of sp³-hybridized carbons (Fsp3) is 0.500. The van der Waals surface area contributed by atoms with Crippen molar-refractivity contribution < 1.29 is 23.5 Å². The molecule has 0 bridgehead atoms. The lowest BCUT2D eigenvalue weighted by molar-refractivity contribution is -0.134. The van der Waals surface area contributed by atoms with E-state index in [0.29, 0.717) is 42.6 Å². The van der Waals surface area contributed by atoms with Crippen LogP contribution in [0.3, 0.4) is 0 Å². The lowest BCUT2D eigenvalue weighted by Gasteiger charge is -2.19. The van der Waals surface area contributed by atoms with Gasteiger partial charge in [0.05, 0.1) is 25.0 Å². The third kappa shape index (κ3) is 5.31. The number of halogens is 1. The van der Waals surface area contributed by atoms with E-state index in [1.807, 2.05) is 4.90 Å². The van der Waals surface area contributed by atoms with Gasteiger partial charge in [-0.15, -0.1) is 0 Å². The molecule has 0 spiro atoms. The van der Waals surface area contributed by atoms with Crippen LogP contribution in [0.5, 0.6) is 0 Å². The molecule has 0 saturated carbocycles. The minimum atomic E-state index is -0.361. The van der Waals surface area contributed by atoms with Gasteiger partial charge in [-0.05, 0) is 25.6 Å². The first-order valence-corrected chi connectivity index (χ1v) is 8.74. The summed E-state index contributed by atoms with van der Waals surface area (Å²) in [7, 11) is 3.19. The van der Waals surface area contributed by atoms with Crippen LogP contribution in [0.4, 0.5) is 10.1 Å². The number of amides is 2. The molecule has 2 aliphatic rings. The molecule has 3 N–H and O–H groups in total. The van der Waals surface area contributed by atoms with Gasteiger partial charge < -0.3 is 15.0 Å². The lowest BCUT2D eigenvalue weighted by atomic mass is 10.1. The molecule has 0 aromatic heterocycles. The molecule has 1 atom stereocenters. The summed E-state index contributed by atoms with van der Waals surface area (Å²) < 4.78 is 19.2. The number of imide groups is 1. The molecule has 2 aliphatic heterocycles. The Bertz CT molecular complexity index is 692. The van der Waals surface area contributed by atoms with Gasteiger partial charge in [-0.2, -0.15) is 0 Å². The van der Waals surface area contributed by atoms with Crippen LogP contribution in [-0.4, -0.2) is 58.1 Å². The summed E-state index contributed by atoms with van der Waals surface area (Å²) in [5.41, 5.74) is 1.19. The number of benzene rings is 1. The molecule has 2 amide bonds. The summed E-state index contributed by atoms with van der Waals surface area (Å²) in [6.45, 7) is 2.34. The number of ether oxygens (including phenoxy) is 1. The SMILES string of the molecule is CNC1CCC(=O)NC1=O.COCc1c(C=O)ccc(N2CCNC2)c1F. The molecule has 3 rings (SSSR count). The fourth-order valence-electron chi connectivity index (χ4n) is 2.95. The first-order chi connectivity index (χ1) is 13.0. The molecule has 2 heterocycles. The van der Waals surface area contributed by atoms with Crippen LogP contribution in [-0.2, 0) is 20.9 Å². The van der Waals surface area contributed by atoms with Gasteiger partial charge in [0.1, 0.15) is 0 Å². The Morgan fingerprint density at radius 2 is 2.19 bits per heavy atom. The lowest BCUT2D eigenvalue weighted by Crippen LogP contribution is -2.49. The van der Waals surface area contributed by atoms with Crippen molar-refractivity contribution >= 4 is 23.8 Å². The standard InChI is InChI=1S/C12H15FN2O2.C6H10N2O2/c1-17-7-10-9(6-16)2-3-11(12(10)13)15-5-4-14-8-15;1-7-4-2-3-5(9)8-6(4)10/h2-3,6,14H,4-5,7-8H2,1H3;4,7H,2-3H2,1H3,(H,8,9,10). The molecule has 27 heavy (non-hydrogen) atoms. The maximum absolute atomic E-state index is 14.3. The smallest absolute Gasteiger partial charge is 0.243 e. The molecule has 2 fully saturated rings. The highest BCUT2D eigenvalue weighted by Gasteiger charge is 2.24. The number of carbonyl (C=O) groups excluding carboxylic acids is 3. The first kappa shape index (κ1) is 20.9. The zero-order valence-electron chi connectivity index (χ0n) is 15.5. The molecule has 1 aromatic rings. The highest BCUT2D eigenvalue weighted by Crippen LogP contribution is 2.25. The second-order valence-corrected chi connectivity index (χ2v) is 6.23. The van der Waals surface area contributed by atoms with E-state index in [1.165, 1.54) is 7.11 Å². The Morgan fingerprint density at radius 1 is 1.41 bits per heavy atom. The number of hydrogen-bond donors (Lipinski definition) is 3. The Kier molecular flexibility index (Phi) is 7.83. The van der Waals surface area contributed by atoms with Gasteiger partial charge in [0.2, 0.25) is 11.8 Å². The maximum atomic E-state index is 14.3. The number of likely N-dealkylation sites (N-methyl/N-ethyl adjacent to an activating group) is 1. The minimum Gasteiger partial charge on any atom is -0.380 e. The van der Waals surface area contributed by atoms with Crippen LogP contribution in [0.25, 0.3) is 0 Å². The summed E-state index contributed by atoms with van der Waals surface area (Å²) in [6.07, 6.45) is 1.71. The number of rotatable bonds is 5. The largest absolute Gasteiger partial charge is 0.380 e. The number of nitrogens with zero attached hydrogens (tertiary/aromatic N) is 1. The zero-order chi connectivity index (χ0) is 19.8. The molecule has 8 nitrogen and oxygen atoms in total. The van der Waals surface area contributed by atoms with Crippen molar-refractivity contribution in [2.24, 2.45) is 0 Å². The van der Waals surface area contributed by atoms with Crippen LogP contribution >= 0.6 is 0 Å². The topological polar surface area (TPSA) is 99.8 Å². The fourth-order valence-corrected chi connectivity index (χ4v) is 2.95. The van der Waals surface area contributed by atoms with Crippen LogP contribution in [0.2, 0.25) is 0 Å². The van der Waals surface area contributed by atoms with E-state index in [4.69, 9.17) is 4.74 Å². The van der Waals surface area contributed by atoms with Crippen LogP contribution in [0.1, 0.15) is 28.8 Å². The summed E-state index contributed by atoms with van der Waals surface area (Å²) in [5, 5.41) is 8.19. The Morgan fingerprint density at radius 3 is 2.74 bits per heavy atom. The van der Waals surface area contributed by atoms with Gasteiger partial charge in [0.25, 0.3) is 0 Å². The van der Waals surface area contributed by atoms with E-state index >= 15 is 0 Å². The molecule has 0 radical (unpaired) electrons. The number of piperidine rings is 1. The summed E-state index contributed by atoms with van der Waals surface area (Å²) >= 11 is 0. The highest BCUT2D eigenvalue weighted by atomic mass is 19.1. The Hall–Kier alpha value is -2.36. The number of carbonyl (C=O) groups is 3. The van der Waals surface area contributed by atoms with E-state index in [-0.39, 0.29) is 30.3 Å². The Labute approximate surface area is 157 Å². The molecular weight excluding hydrogens is 355 g/mol. The van der Waals surface area contributed by atoms with Gasteiger partial charge in [-0.3, -0.25) is 25.0 Å². The predicted octanol–water partition coefficient (Wildman–Crippen LogP) is 0.163. The van der Waals surface area contributed by atoms with Gasteiger partial charge >= 0.3 is 0 Å². The number of anilines is 1. The summed E-state index contributed by atoms with van der Waals surface area (Å²) in [4.78, 5) is 34.2. The van der Waals surface area contributed by atoms with Crippen LogP contribution in [0, 0.1) is 5.82 Å². The molecule has 148 valence electrons. The van der Waals surface area contributed by atoms with Crippen molar-refractivity contribution in [3.05, 3.63) is 29.1 Å². The minimum absolute atomic E-state index is 0.106. The predicted molar refractivity (Wildman–Crippen MR) is 97.9 cm³/mol. The Balaban J connectivity index is 0.000000223. The normalized spacial score (nSPS) is 19.4. The zero-order valence-corrected chi connectivity index (χ0v) is 15.5. The molecule has 2 saturated heterocycles. The van der Waals surface area contributed by atoms with Crippen molar-refractivity contribution in [2.75, 3.05) is 38.8 Å². The average Bonchev–Trinajstić information content (AvgIpc) is 3.18. The number of aldehydes is 1. The number of methoxy groups -OCH3 is 1. The molecule has 1 aromatic carbocycles. The van der Waals surface area contributed by atoms with Crippen LogP contribution < -0.4 is 20.9 Å². The average molecular weight is 380 g/mol. The molecule has 1 unspecified atom stereocenters. The third-order valence-electron chi connectivity index (χ3n) is 4.46. The second-order valence-electron chi connectivity index (χ2n) is 6.23. The van der Waals surface area contributed by atoms with Gasteiger partial charge in [-0.1, -0.05) is 0 Å². The third-order valence-corrected chi connectivity index (χ3v) is 4.46. The van der Waals surface area contributed by atoms with Gasteiger partial charge in [0.15, 0.2) is 12.1 Å². The van der Waals surface area contributed by atoms with Gasteiger partial charge in [0, 0.05) is 37.7 Å². The monoisotopic (exact) mass is 380 g/mol. The maximum Gasteiger partial charge on any atom is 0.243 e. The summed E-state index contributed by atoms with van der Waals surface area (Å²) in [5.74, 6) is -0.740. The van der Waals surface area contributed by atoms with Crippen molar-refractivity contribution in [3.63, 3.8) is 0 Å². The molecule has 0 aliphatic carbocycles. The van der Waals surface area contributed by atoms with Crippen molar-refractivity contribution in [3.8, 4) is 0 Å². The number of hydrogen-bond acceptors (Lipinski definition) is 7. The van der Waals surface area contributed by atoms with E-state index in [9.17, 15) is 18.8 Å². The van der Waals surface area contributed by atoms with Crippen LogP contribution in [0.15, 0.2) is 12.1 Å². The molecular formula is C18H25FN4O4. The number of nitrogens with one attached hydrogen (secondary N) is 3. The molecule has 9 heteroatoms. The quantitative estimate of drug-likeness (QED) is 0.494. The highest BCUT2D eigenvalue weighted by molar-refractivity contribution is 6.00. The van der Waals surface area contributed by atoms with E-state index in [2.05, 4.69) is 16.0 Å². The first-order valence-electron chi connectivity index (χ1n) is 8.74. The second kappa shape index (κ2) is 10.1. The van der Waals surface area contributed by atoms with E-state index < -0.39 is 0 Å². The van der Waals surface area contributed by atoms with E-state index in [0.717, 1.165) is 13.1 Å². The van der Waals surface area contributed by atoms with Gasteiger partial charge in [-0.25, -0.2) is 4.39 Å². The summed E-state index contributed by atoms with van der Waals surface area (Å²) in [6, 6.07) is 3.10. The van der Waals surface area contributed by atoms with Crippen molar-refractivity contribution in [1.29, 1.82) is 0 Å². The van der Waals surface area contributed by atoms with E-state index in [1.54, 1.807) is 19.2 Å². The van der Waals surface area contributed by atoms with Crippen molar-refractivity contribution in [2.45, 2.75) is 25.5 Å².